The molecule has 0 saturated heterocycles. The van der Waals surface area contributed by atoms with Gasteiger partial charge in [-0.2, -0.15) is 0 Å². The van der Waals surface area contributed by atoms with E-state index in [1.54, 1.807) is 18.2 Å². The van der Waals surface area contributed by atoms with Crippen LogP contribution in [0.2, 0.25) is 5.02 Å². The van der Waals surface area contributed by atoms with Crippen LogP contribution in [0.15, 0.2) is 22.7 Å². The van der Waals surface area contributed by atoms with Crippen molar-refractivity contribution in [3.8, 4) is 0 Å². The van der Waals surface area contributed by atoms with E-state index in [1.165, 1.54) is 0 Å². The van der Waals surface area contributed by atoms with Crippen LogP contribution >= 0.6 is 39.7 Å². The van der Waals surface area contributed by atoms with Crippen molar-refractivity contribution in [2.75, 3.05) is 6.54 Å². The van der Waals surface area contributed by atoms with Crippen molar-refractivity contribution in [1.29, 1.82) is 0 Å². The van der Waals surface area contributed by atoms with Crippen molar-refractivity contribution in [1.82, 2.24) is 5.32 Å². The van der Waals surface area contributed by atoms with Crippen molar-refractivity contribution in [3.05, 3.63) is 33.3 Å². The van der Waals surface area contributed by atoms with Gasteiger partial charge in [-0.3, -0.25) is 4.79 Å². The first kappa shape index (κ1) is 15.4. The molecule has 0 aliphatic carbocycles. The van der Waals surface area contributed by atoms with Gasteiger partial charge in [-0.1, -0.05) is 37.7 Å². The first-order chi connectivity index (χ1) is 8.24. The van der Waals surface area contributed by atoms with Crippen molar-refractivity contribution >= 4 is 50.6 Å². The van der Waals surface area contributed by atoms with Gasteiger partial charge in [-0.15, -0.1) is 0 Å². The largest absolute Gasteiger partial charge is 0.393 e. The predicted molar refractivity (Wildman–Crippen MR) is 82.1 cm³/mol. The van der Waals surface area contributed by atoms with Crippen LogP contribution in [-0.4, -0.2) is 17.4 Å². The Balaban J connectivity index is 2.75. The number of carbonyl (C=O) groups is 1. The summed E-state index contributed by atoms with van der Waals surface area (Å²) >= 11 is 14.1. The van der Waals surface area contributed by atoms with E-state index in [0.29, 0.717) is 26.6 Å². The molecular weight excluding hydrogens is 336 g/mol. The van der Waals surface area contributed by atoms with Gasteiger partial charge in [0, 0.05) is 21.5 Å². The third-order valence-electron chi connectivity index (χ3n) is 2.53. The number of nitrogens with two attached hydrogens (primary N) is 1. The summed E-state index contributed by atoms with van der Waals surface area (Å²) in [7, 11) is 0. The molecule has 18 heavy (non-hydrogen) atoms. The molecule has 1 aromatic carbocycles. The van der Waals surface area contributed by atoms with Crippen LogP contribution in [0.5, 0.6) is 0 Å². The summed E-state index contributed by atoms with van der Waals surface area (Å²) < 4.78 is 0.653. The summed E-state index contributed by atoms with van der Waals surface area (Å²) in [4.78, 5) is 12.4. The summed E-state index contributed by atoms with van der Waals surface area (Å²) in [5.74, 6) is -0.192. The van der Waals surface area contributed by atoms with E-state index in [9.17, 15) is 4.79 Å². The average molecular weight is 350 g/mol. The molecule has 1 aromatic rings. The van der Waals surface area contributed by atoms with Crippen LogP contribution in [0.4, 0.5) is 0 Å². The summed E-state index contributed by atoms with van der Waals surface area (Å²) in [6, 6.07) is 5.00. The van der Waals surface area contributed by atoms with E-state index in [-0.39, 0.29) is 5.91 Å². The van der Waals surface area contributed by atoms with Crippen molar-refractivity contribution in [2.45, 2.75) is 13.8 Å². The van der Waals surface area contributed by atoms with Crippen LogP contribution in [0.25, 0.3) is 0 Å². The second-order valence-electron chi connectivity index (χ2n) is 4.55. The highest BCUT2D eigenvalue weighted by molar-refractivity contribution is 9.10. The van der Waals surface area contributed by atoms with Crippen molar-refractivity contribution in [3.63, 3.8) is 0 Å². The van der Waals surface area contributed by atoms with Gasteiger partial charge in [0.1, 0.15) is 0 Å². The molecule has 0 aromatic heterocycles. The molecule has 6 heteroatoms. The van der Waals surface area contributed by atoms with E-state index in [0.717, 1.165) is 0 Å². The molecule has 1 amide bonds. The van der Waals surface area contributed by atoms with E-state index in [1.807, 2.05) is 13.8 Å². The molecule has 3 nitrogen and oxygen atoms in total. The Kier molecular flexibility index (Phi) is 5.13. The number of benzene rings is 1. The van der Waals surface area contributed by atoms with Gasteiger partial charge >= 0.3 is 0 Å². The number of halogens is 2. The molecular formula is C12H14BrClN2OS. The Morgan fingerprint density at radius 2 is 2.17 bits per heavy atom. The van der Waals surface area contributed by atoms with E-state index >= 15 is 0 Å². The lowest BCUT2D eigenvalue weighted by atomic mass is 9.93. The fourth-order valence-electron chi connectivity index (χ4n) is 1.16. The summed E-state index contributed by atoms with van der Waals surface area (Å²) in [5, 5.41) is 3.37. The molecule has 0 saturated carbocycles. The maximum atomic E-state index is 12.0. The number of carbonyl (C=O) groups excluding carboxylic acids is 1. The third kappa shape index (κ3) is 3.93. The third-order valence-corrected chi connectivity index (χ3v) is 3.98. The van der Waals surface area contributed by atoms with E-state index in [4.69, 9.17) is 29.6 Å². The number of amides is 1. The van der Waals surface area contributed by atoms with Gasteiger partial charge in [0.2, 0.25) is 0 Å². The Morgan fingerprint density at radius 1 is 1.56 bits per heavy atom. The second kappa shape index (κ2) is 5.99. The minimum absolute atomic E-state index is 0.192. The van der Waals surface area contributed by atoms with Crippen LogP contribution in [0, 0.1) is 5.41 Å². The fourth-order valence-corrected chi connectivity index (χ4v) is 2.09. The van der Waals surface area contributed by atoms with Gasteiger partial charge in [-0.25, -0.2) is 0 Å². The zero-order chi connectivity index (χ0) is 13.9. The molecule has 0 aliphatic heterocycles. The summed E-state index contributed by atoms with van der Waals surface area (Å²) in [5.41, 5.74) is 5.71. The molecule has 3 N–H and O–H groups in total. The van der Waals surface area contributed by atoms with Crippen molar-refractivity contribution < 1.29 is 4.79 Å². The molecule has 0 atom stereocenters. The first-order valence-electron chi connectivity index (χ1n) is 5.27. The minimum Gasteiger partial charge on any atom is -0.393 e. The fraction of sp³-hybridized carbons (Fsp3) is 0.333. The van der Waals surface area contributed by atoms with E-state index < -0.39 is 5.41 Å². The van der Waals surface area contributed by atoms with Gasteiger partial charge < -0.3 is 11.1 Å². The number of thiocarbonyl (C=S) groups is 1. The molecule has 0 unspecified atom stereocenters. The van der Waals surface area contributed by atoms with Crippen LogP contribution in [0.3, 0.4) is 0 Å². The maximum absolute atomic E-state index is 12.0. The molecule has 0 bridgehead atoms. The molecule has 0 fully saturated rings. The average Bonchev–Trinajstić information content (AvgIpc) is 2.25. The number of nitrogens with one attached hydrogen (secondary N) is 1. The Labute approximate surface area is 125 Å². The molecule has 1 rings (SSSR count). The molecule has 0 heterocycles. The van der Waals surface area contributed by atoms with E-state index in [2.05, 4.69) is 21.2 Å². The van der Waals surface area contributed by atoms with Gasteiger partial charge in [0.25, 0.3) is 5.91 Å². The summed E-state index contributed by atoms with van der Waals surface area (Å²) in [6.07, 6.45) is 0. The van der Waals surface area contributed by atoms with Crippen LogP contribution < -0.4 is 11.1 Å². The molecule has 0 spiro atoms. The second-order valence-corrected chi connectivity index (χ2v) is 6.29. The standard InChI is InChI=1S/C12H14BrClN2OS/c1-12(2,11(15)18)6-16-10(17)8-4-3-7(14)5-9(8)13/h3-5H,6H2,1-2H3,(H2,15,18)(H,16,17). The quantitative estimate of drug-likeness (QED) is 0.821. The Bertz CT molecular complexity index is 491. The highest BCUT2D eigenvalue weighted by Gasteiger charge is 2.22. The first-order valence-corrected chi connectivity index (χ1v) is 6.85. The summed E-state index contributed by atoms with van der Waals surface area (Å²) in [6.45, 7) is 4.15. The SMILES string of the molecule is CC(C)(CNC(=O)c1ccc(Cl)cc1Br)C(N)=S. The zero-order valence-electron chi connectivity index (χ0n) is 10.1. The van der Waals surface area contributed by atoms with Gasteiger partial charge in [0.15, 0.2) is 0 Å². The number of hydrogen-bond acceptors (Lipinski definition) is 2. The van der Waals surface area contributed by atoms with Crippen LogP contribution in [0.1, 0.15) is 24.2 Å². The molecule has 0 radical (unpaired) electrons. The molecule has 0 aliphatic rings. The number of hydrogen-bond donors (Lipinski definition) is 2. The van der Waals surface area contributed by atoms with Gasteiger partial charge in [0.05, 0.1) is 10.6 Å². The lowest BCUT2D eigenvalue weighted by Crippen LogP contribution is -2.41. The Hall–Kier alpha value is -0.650. The Morgan fingerprint density at radius 3 is 2.67 bits per heavy atom. The highest BCUT2D eigenvalue weighted by Crippen LogP contribution is 2.22. The smallest absolute Gasteiger partial charge is 0.252 e. The highest BCUT2D eigenvalue weighted by atomic mass is 79.9. The number of rotatable bonds is 4. The minimum atomic E-state index is -0.413. The van der Waals surface area contributed by atoms with Crippen molar-refractivity contribution in [2.24, 2.45) is 11.1 Å². The predicted octanol–water partition coefficient (Wildman–Crippen LogP) is 3.14. The topological polar surface area (TPSA) is 55.1 Å². The lowest BCUT2D eigenvalue weighted by molar-refractivity contribution is 0.0944. The normalized spacial score (nSPS) is 11.1. The maximum Gasteiger partial charge on any atom is 0.252 e. The molecule has 98 valence electrons. The van der Waals surface area contributed by atoms with Crippen LogP contribution in [-0.2, 0) is 0 Å². The monoisotopic (exact) mass is 348 g/mol. The zero-order valence-corrected chi connectivity index (χ0v) is 13.2. The van der Waals surface area contributed by atoms with Gasteiger partial charge in [-0.05, 0) is 34.1 Å². The lowest BCUT2D eigenvalue weighted by Gasteiger charge is -2.23.